The Morgan fingerprint density at radius 1 is 1.21 bits per heavy atom. The number of nitrogens with zero attached hydrogens (tertiary/aromatic N) is 3. The summed E-state index contributed by atoms with van der Waals surface area (Å²) in [7, 11) is 0.474. The number of hydrogen-bond donors (Lipinski definition) is 1. The van der Waals surface area contributed by atoms with Gasteiger partial charge >= 0.3 is 0 Å². The van der Waals surface area contributed by atoms with Crippen molar-refractivity contribution in [1.82, 2.24) is 14.2 Å². The van der Waals surface area contributed by atoms with Gasteiger partial charge in [0.2, 0.25) is 10.0 Å². The van der Waals surface area contributed by atoms with E-state index in [1.807, 2.05) is 56.7 Å². The van der Waals surface area contributed by atoms with Crippen LogP contribution >= 0.6 is 11.3 Å². The SMILES string of the molecule is Cc1cc(N[C@@H](CN(C)C)c2ccccc2)ncc1S(=O)(=O)N1CCC[C@@H]1Cc1cccs1. The van der Waals surface area contributed by atoms with Gasteiger partial charge in [-0.2, -0.15) is 4.31 Å². The molecule has 2 aromatic heterocycles. The first-order chi connectivity index (χ1) is 15.8. The van der Waals surface area contributed by atoms with Gasteiger partial charge in [-0.15, -0.1) is 11.3 Å². The van der Waals surface area contributed by atoms with Crippen molar-refractivity contribution < 1.29 is 8.42 Å². The summed E-state index contributed by atoms with van der Waals surface area (Å²) in [5, 5.41) is 5.54. The van der Waals surface area contributed by atoms with Crippen molar-refractivity contribution in [1.29, 1.82) is 0 Å². The Balaban J connectivity index is 1.55. The van der Waals surface area contributed by atoms with Crippen LogP contribution in [0, 0.1) is 6.92 Å². The highest BCUT2D eigenvalue weighted by Gasteiger charge is 2.36. The molecule has 0 spiro atoms. The molecule has 1 fully saturated rings. The number of pyridine rings is 1. The Kier molecular flexibility index (Phi) is 7.48. The zero-order valence-electron chi connectivity index (χ0n) is 19.4. The summed E-state index contributed by atoms with van der Waals surface area (Å²) in [6, 6.07) is 16.2. The van der Waals surface area contributed by atoms with E-state index in [9.17, 15) is 8.42 Å². The molecule has 3 heterocycles. The van der Waals surface area contributed by atoms with Crippen LogP contribution in [0.25, 0.3) is 0 Å². The lowest BCUT2D eigenvalue weighted by molar-refractivity contribution is 0.386. The predicted molar refractivity (Wildman–Crippen MR) is 135 cm³/mol. The number of sulfonamides is 1. The summed E-state index contributed by atoms with van der Waals surface area (Å²) >= 11 is 1.69. The average Bonchev–Trinajstić information content (AvgIpc) is 3.46. The van der Waals surface area contributed by atoms with E-state index in [0.29, 0.717) is 22.8 Å². The molecule has 6 nitrogen and oxygen atoms in total. The number of aromatic nitrogens is 1. The number of aryl methyl sites for hydroxylation is 1. The summed E-state index contributed by atoms with van der Waals surface area (Å²) < 4.78 is 28.8. The molecule has 0 aliphatic carbocycles. The van der Waals surface area contributed by atoms with Gasteiger partial charge in [-0.25, -0.2) is 13.4 Å². The number of nitrogens with one attached hydrogen (secondary N) is 1. The highest BCUT2D eigenvalue weighted by Crippen LogP contribution is 2.31. The third-order valence-electron chi connectivity index (χ3n) is 6.06. The molecule has 1 N–H and O–H groups in total. The minimum Gasteiger partial charge on any atom is -0.362 e. The van der Waals surface area contributed by atoms with E-state index in [4.69, 9.17) is 0 Å². The number of thiophene rings is 1. The third-order valence-corrected chi connectivity index (χ3v) is 9.04. The van der Waals surface area contributed by atoms with E-state index >= 15 is 0 Å². The van der Waals surface area contributed by atoms with E-state index in [0.717, 1.165) is 31.4 Å². The molecule has 4 rings (SSSR count). The molecule has 1 aromatic carbocycles. The first-order valence-corrected chi connectivity index (χ1v) is 13.6. The zero-order valence-corrected chi connectivity index (χ0v) is 21.1. The second-order valence-corrected chi connectivity index (χ2v) is 11.8. The zero-order chi connectivity index (χ0) is 23.4. The van der Waals surface area contributed by atoms with Crippen LogP contribution in [0.15, 0.2) is 65.0 Å². The summed E-state index contributed by atoms with van der Waals surface area (Å²) in [5.41, 5.74) is 1.88. The number of hydrogen-bond acceptors (Lipinski definition) is 6. The van der Waals surface area contributed by atoms with E-state index in [1.54, 1.807) is 15.6 Å². The molecule has 33 heavy (non-hydrogen) atoms. The van der Waals surface area contributed by atoms with E-state index in [-0.39, 0.29) is 12.1 Å². The first kappa shape index (κ1) is 23.9. The molecule has 0 amide bonds. The minimum atomic E-state index is -3.60. The minimum absolute atomic E-state index is 0.00778. The maximum absolute atomic E-state index is 13.6. The Bertz CT molecular complexity index is 1150. The van der Waals surface area contributed by atoms with Crippen LogP contribution in [0.1, 0.15) is 34.9 Å². The molecule has 3 aromatic rings. The predicted octanol–water partition coefficient (Wildman–Crippen LogP) is 4.56. The topological polar surface area (TPSA) is 65.5 Å². The van der Waals surface area contributed by atoms with Crippen molar-refractivity contribution in [2.75, 3.05) is 32.5 Å². The number of likely N-dealkylation sites (N-methyl/N-ethyl adjacent to an activating group) is 1. The molecule has 0 unspecified atom stereocenters. The molecule has 2 atom stereocenters. The number of anilines is 1. The summed E-state index contributed by atoms with van der Waals surface area (Å²) in [4.78, 5) is 8.17. The second-order valence-electron chi connectivity index (χ2n) is 8.90. The Morgan fingerprint density at radius 3 is 2.67 bits per heavy atom. The van der Waals surface area contributed by atoms with E-state index < -0.39 is 10.0 Å². The van der Waals surface area contributed by atoms with Gasteiger partial charge in [0.1, 0.15) is 10.7 Å². The Hall–Kier alpha value is -2.26. The fourth-order valence-corrected chi connectivity index (χ4v) is 7.10. The average molecular weight is 485 g/mol. The normalized spacial score (nSPS) is 18.0. The summed E-state index contributed by atoms with van der Waals surface area (Å²) in [6.07, 6.45) is 4.08. The largest absolute Gasteiger partial charge is 0.362 e. The standard InChI is InChI=1S/C25H32N4O2S2/c1-19-15-25(27-23(18-28(2)3)20-9-5-4-6-10-20)26-17-24(19)33(30,31)29-13-7-11-21(29)16-22-12-8-14-32-22/h4-6,8-10,12,14-15,17,21,23H,7,11,13,16,18H2,1-3H3,(H,26,27)/t21-,23+/m1/s1. The maximum Gasteiger partial charge on any atom is 0.245 e. The second kappa shape index (κ2) is 10.3. The van der Waals surface area contributed by atoms with Gasteiger partial charge in [-0.05, 0) is 68.9 Å². The summed E-state index contributed by atoms with van der Waals surface area (Å²) in [6.45, 7) is 3.22. The van der Waals surface area contributed by atoms with Gasteiger partial charge in [-0.3, -0.25) is 0 Å². The van der Waals surface area contributed by atoms with Crippen molar-refractivity contribution in [3.8, 4) is 0 Å². The van der Waals surface area contributed by atoms with Crippen LogP contribution in [-0.2, 0) is 16.4 Å². The van der Waals surface area contributed by atoms with Crippen molar-refractivity contribution in [2.24, 2.45) is 0 Å². The van der Waals surface area contributed by atoms with E-state index in [2.05, 4.69) is 33.4 Å². The molecule has 8 heteroatoms. The molecule has 0 radical (unpaired) electrons. The highest BCUT2D eigenvalue weighted by molar-refractivity contribution is 7.89. The van der Waals surface area contributed by atoms with E-state index in [1.165, 1.54) is 11.1 Å². The lowest BCUT2D eigenvalue weighted by Gasteiger charge is -2.25. The fraction of sp³-hybridized carbons (Fsp3) is 0.400. The molecule has 176 valence electrons. The molecule has 0 bridgehead atoms. The molecule has 1 aliphatic heterocycles. The van der Waals surface area contributed by atoms with Crippen LogP contribution in [0.2, 0.25) is 0 Å². The lowest BCUT2D eigenvalue weighted by atomic mass is 10.1. The van der Waals surface area contributed by atoms with Gasteiger partial charge in [0.15, 0.2) is 0 Å². The van der Waals surface area contributed by atoms with Gasteiger partial charge < -0.3 is 10.2 Å². The van der Waals surface area contributed by atoms with Crippen LogP contribution in [0.5, 0.6) is 0 Å². The van der Waals surface area contributed by atoms with Crippen molar-refractivity contribution in [2.45, 2.75) is 43.2 Å². The van der Waals surface area contributed by atoms with Crippen LogP contribution in [-0.4, -0.2) is 55.8 Å². The Morgan fingerprint density at radius 2 is 2.00 bits per heavy atom. The maximum atomic E-state index is 13.6. The van der Waals surface area contributed by atoms with Gasteiger partial charge in [0.25, 0.3) is 0 Å². The smallest absolute Gasteiger partial charge is 0.245 e. The van der Waals surface area contributed by atoms with Gasteiger partial charge in [-0.1, -0.05) is 36.4 Å². The number of rotatable bonds is 9. The molecular weight excluding hydrogens is 452 g/mol. The van der Waals surface area contributed by atoms with Crippen molar-refractivity contribution >= 4 is 27.2 Å². The van der Waals surface area contributed by atoms with Crippen LogP contribution in [0.3, 0.4) is 0 Å². The van der Waals surface area contributed by atoms with Crippen molar-refractivity contribution in [3.05, 3.63) is 76.1 Å². The fourth-order valence-electron chi connectivity index (χ4n) is 4.47. The number of benzene rings is 1. The molecule has 0 saturated carbocycles. The molecule has 1 saturated heterocycles. The van der Waals surface area contributed by atoms with Gasteiger partial charge in [0, 0.05) is 30.2 Å². The highest BCUT2D eigenvalue weighted by atomic mass is 32.2. The third kappa shape index (κ3) is 5.63. The monoisotopic (exact) mass is 484 g/mol. The quantitative estimate of drug-likeness (QED) is 0.482. The van der Waals surface area contributed by atoms with Gasteiger partial charge in [0.05, 0.1) is 6.04 Å². The lowest BCUT2D eigenvalue weighted by Crippen LogP contribution is -2.37. The molecular formula is C25H32N4O2S2. The summed E-state index contributed by atoms with van der Waals surface area (Å²) in [5.74, 6) is 0.679. The van der Waals surface area contributed by atoms with Crippen LogP contribution in [0.4, 0.5) is 5.82 Å². The molecule has 1 aliphatic rings. The van der Waals surface area contributed by atoms with Crippen LogP contribution < -0.4 is 5.32 Å². The Labute approximate surface area is 201 Å². The first-order valence-electron chi connectivity index (χ1n) is 11.3. The van der Waals surface area contributed by atoms with Crippen molar-refractivity contribution in [3.63, 3.8) is 0 Å².